The van der Waals surface area contributed by atoms with Gasteiger partial charge in [-0.3, -0.25) is 9.69 Å². The van der Waals surface area contributed by atoms with E-state index >= 15 is 0 Å². The lowest BCUT2D eigenvalue weighted by Gasteiger charge is -2.26. The van der Waals surface area contributed by atoms with Crippen LogP contribution < -0.4 is 0 Å². The van der Waals surface area contributed by atoms with Gasteiger partial charge in [-0.1, -0.05) is 30.3 Å². The first-order valence-electron chi connectivity index (χ1n) is 8.73. The van der Waals surface area contributed by atoms with E-state index in [1.165, 1.54) is 5.56 Å². The van der Waals surface area contributed by atoms with Gasteiger partial charge in [-0.15, -0.1) is 0 Å². The molecule has 3 rings (SSSR count). The highest BCUT2D eigenvalue weighted by atomic mass is 16.5. The first-order valence-corrected chi connectivity index (χ1v) is 8.73. The Morgan fingerprint density at radius 1 is 1.28 bits per heavy atom. The third kappa shape index (κ3) is 5.14. The summed E-state index contributed by atoms with van der Waals surface area (Å²) >= 11 is 0. The first kappa shape index (κ1) is 17.6. The largest absolute Gasteiger partial charge is 0.453 e. The van der Waals surface area contributed by atoms with Crippen LogP contribution in [0.2, 0.25) is 0 Å². The minimum Gasteiger partial charge on any atom is -0.453 e. The van der Waals surface area contributed by atoms with E-state index in [1.54, 1.807) is 6.20 Å². The van der Waals surface area contributed by atoms with Crippen molar-refractivity contribution in [3.63, 3.8) is 0 Å². The van der Waals surface area contributed by atoms with Gasteiger partial charge in [-0.25, -0.2) is 4.98 Å². The number of hydrogen-bond acceptors (Lipinski definition) is 5. The maximum atomic E-state index is 12.4. The van der Waals surface area contributed by atoms with Gasteiger partial charge < -0.3 is 14.0 Å². The Morgan fingerprint density at radius 3 is 2.72 bits per heavy atom. The topological polar surface area (TPSA) is 56.6 Å². The van der Waals surface area contributed by atoms with Crippen LogP contribution in [0, 0.1) is 0 Å². The maximum absolute atomic E-state index is 12.4. The van der Waals surface area contributed by atoms with Crippen LogP contribution in [0.25, 0.3) is 0 Å². The quantitative estimate of drug-likeness (QED) is 0.720. The zero-order valence-electron chi connectivity index (χ0n) is 14.6. The molecule has 1 atom stereocenters. The zero-order chi connectivity index (χ0) is 17.5. The standard InChI is InChI=1S/C19H25N3O3/c1-21-10-9-20-19(21)17(8-7-16-5-3-2-4-6-16)25-18(23)15-22-11-13-24-14-12-22/h2-6,9-10,17H,7-8,11-15H2,1H3/t17-/m0/s1. The maximum Gasteiger partial charge on any atom is 0.320 e. The average Bonchev–Trinajstić information content (AvgIpc) is 3.06. The number of imidazole rings is 1. The van der Waals surface area contributed by atoms with Crippen LogP contribution in [0.1, 0.15) is 23.9 Å². The molecular weight excluding hydrogens is 318 g/mol. The third-order valence-corrected chi connectivity index (χ3v) is 4.41. The van der Waals surface area contributed by atoms with Gasteiger partial charge in [0.25, 0.3) is 0 Å². The van der Waals surface area contributed by atoms with E-state index in [9.17, 15) is 4.79 Å². The minimum absolute atomic E-state index is 0.206. The molecule has 6 heteroatoms. The third-order valence-electron chi connectivity index (χ3n) is 4.41. The lowest BCUT2D eigenvalue weighted by molar-refractivity contribution is -0.152. The second-order valence-corrected chi connectivity index (χ2v) is 6.29. The summed E-state index contributed by atoms with van der Waals surface area (Å²) in [5.41, 5.74) is 1.23. The first-order chi connectivity index (χ1) is 12.2. The Hall–Kier alpha value is -2.18. The van der Waals surface area contributed by atoms with Crippen LogP contribution >= 0.6 is 0 Å². The number of aryl methyl sites for hydroxylation is 2. The van der Waals surface area contributed by atoms with Gasteiger partial charge in [0.1, 0.15) is 5.82 Å². The van der Waals surface area contributed by atoms with Gasteiger partial charge in [0.15, 0.2) is 6.10 Å². The summed E-state index contributed by atoms with van der Waals surface area (Å²) in [6.45, 7) is 3.18. The van der Waals surface area contributed by atoms with Gasteiger partial charge in [-0.2, -0.15) is 0 Å². The molecular formula is C19H25N3O3. The fourth-order valence-electron chi connectivity index (χ4n) is 3.01. The van der Waals surface area contributed by atoms with E-state index < -0.39 is 0 Å². The van der Waals surface area contributed by atoms with Gasteiger partial charge >= 0.3 is 5.97 Å². The molecule has 0 saturated carbocycles. The second-order valence-electron chi connectivity index (χ2n) is 6.29. The molecule has 1 aliphatic rings. The Bertz CT molecular complexity index is 666. The van der Waals surface area contributed by atoms with E-state index in [0.29, 0.717) is 26.2 Å². The predicted octanol–water partition coefficient (Wildman–Crippen LogP) is 1.97. The number of nitrogens with zero attached hydrogens (tertiary/aromatic N) is 3. The van der Waals surface area contributed by atoms with Crippen molar-refractivity contribution in [3.8, 4) is 0 Å². The lowest BCUT2D eigenvalue weighted by atomic mass is 10.1. The number of esters is 1. The van der Waals surface area contributed by atoms with E-state index in [1.807, 2.05) is 36.0 Å². The van der Waals surface area contributed by atoms with Crippen LogP contribution in [-0.2, 0) is 27.7 Å². The number of morpholine rings is 1. The molecule has 134 valence electrons. The smallest absolute Gasteiger partial charge is 0.320 e. The average molecular weight is 343 g/mol. The van der Waals surface area contributed by atoms with Crippen molar-refractivity contribution in [2.24, 2.45) is 7.05 Å². The van der Waals surface area contributed by atoms with Gasteiger partial charge in [0.05, 0.1) is 19.8 Å². The number of rotatable bonds is 7. The van der Waals surface area contributed by atoms with Crippen LogP contribution in [-0.4, -0.2) is 53.3 Å². The molecule has 0 N–H and O–H groups in total. The summed E-state index contributed by atoms with van der Waals surface area (Å²) < 4.78 is 13.0. The summed E-state index contributed by atoms with van der Waals surface area (Å²) in [5, 5.41) is 0. The molecule has 1 aromatic carbocycles. The number of benzene rings is 1. The normalized spacial score (nSPS) is 16.5. The lowest BCUT2D eigenvalue weighted by Crippen LogP contribution is -2.40. The van der Waals surface area contributed by atoms with E-state index in [4.69, 9.17) is 9.47 Å². The molecule has 1 aromatic heterocycles. The zero-order valence-corrected chi connectivity index (χ0v) is 14.6. The van der Waals surface area contributed by atoms with E-state index in [-0.39, 0.29) is 12.1 Å². The minimum atomic E-state index is -0.339. The number of hydrogen-bond donors (Lipinski definition) is 0. The van der Waals surface area contributed by atoms with E-state index in [0.717, 1.165) is 25.3 Å². The van der Waals surface area contributed by atoms with Gasteiger partial charge in [0, 0.05) is 32.5 Å². The highest BCUT2D eigenvalue weighted by Gasteiger charge is 2.23. The van der Waals surface area contributed by atoms with Crippen molar-refractivity contribution in [1.29, 1.82) is 0 Å². The molecule has 1 aliphatic heterocycles. The number of carbonyl (C=O) groups excluding carboxylic acids is 1. The molecule has 2 heterocycles. The molecule has 1 fully saturated rings. The molecule has 0 radical (unpaired) electrons. The van der Waals surface area contributed by atoms with Crippen LogP contribution in [0.3, 0.4) is 0 Å². The molecule has 0 bridgehead atoms. The van der Waals surface area contributed by atoms with Crippen molar-refractivity contribution in [3.05, 3.63) is 54.1 Å². The SMILES string of the molecule is Cn1ccnc1[C@H](CCc1ccccc1)OC(=O)CN1CCOCC1. The fraction of sp³-hybridized carbons (Fsp3) is 0.474. The molecule has 6 nitrogen and oxygen atoms in total. The number of aromatic nitrogens is 2. The molecule has 0 unspecified atom stereocenters. The molecule has 2 aromatic rings. The number of carbonyl (C=O) groups is 1. The van der Waals surface area contributed by atoms with Crippen molar-refractivity contribution < 1.29 is 14.3 Å². The highest BCUT2D eigenvalue weighted by Crippen LogP contribution is 2.22. The van der Waals surface area contributed by atoms with Crippen molar-refractivity contribution in [2.75, 3.05) is 32.8 Å². The Balaban J connectivity index is 1.61. The summed E-state index contributed by atoms with van der Waals surface area (Å²) in [6, 6.07) is 10.2. The Kier molecular flexibility index (Phi) is 6.19. The summed E-state index contributed by atoms with van der Waals surface area (Å²) in [5.74, 6) is 0.578. The fourth-order valence-corrected chi connectivity index (χ4v) is 3.01. The van der Waals surface area contributed by atoms with E-state index in [2.05, 4.69) is 22.0 Å². The summed E-state index contributed by atoms with van der Waals surface area (Å²) in [4.78, 5) is 18.8. The second kappa shape index (κ2) is 8.78. The summed E-state index contributed by atoms with van der Waals surface area (Å²) in [6.07, 6.45) is 4.82. The molecule has 0 amide bonds. The van der Waals surface area contributed by atoms with Crippen molar-refractivity contribution in [1.82, 2.24) is 14.5 Å². The Morgan fingerprint density at radius 2 is 2.04 bits per heavy atom. The number of ether oxygens (including phenoxy) is 2. The molecule has 0 spiro atoms. The van der Waals surface area contributed by atoms with Crippen molar-refractivity contribution >= 4 is 5.97 Å². The van der Waals surface area contributed by atoms with Crippen molar-refractivity contribution in [2.45, 2.75) is 18.9 Å². The van der Waals surface area contributed by atoms with Gasteiger partial charge in [-0.05, 0) is 18.4 Å². The van der Waals surface area contributed by atoms with Crippen LogP contribution in [0.5, 0.6) is 0 Å². The molecule has 25 heavy (non-hydrogen) atoms. The summed E-state index contributed by atoms with van der Waals surface area (Å²) in [7, 11) is 1.92. The highest BCUT2D eigenvalue weighted by molar-refractivity contribution is 5.72. The van der Waals surface area contributed by atoms with Gasteiger partial charge in [0.2, 0.25) is 0 Å². The van der Waals surface area contributed by atoms with Crippen LogP contribution in [0.15, 0.2) is 42.7 Å². The molecule has 1 saturated heterocycles. The predicted molar refractivity (Wildman–Crippen MR) is 94.1 cm³/mol. The van der Waals surface area contributed by atoms with Crippen LogP contribution in [0.4, 0.5) is 0 Å². The Labute approximate surface area is 148 Å². The molecule has 0 aliphatic carbocycles. The monoisotopic (exact) mass is 343 g/mol.